The van der Waals surface area contributed by atoms with Crippen LogP contribution in [0.5, 0.6) is 0 Å². The molecule has 2 unspecified atom stereocenters. The van der Waals surface area contributed by atoms with E-state index < -0.39 is 29.8 Å². The van der Waals surface area contributed by atoms with Gasteiger partial charge in [-0.2, -0.15) is 18.2 Å². The molecule has 0 saturated carbocycles. The van der Waals surface area contributed by atoms with Crippen LogP contribution in [-0.2, 0) is 0 Å². The van der Waals surface area contributed by atoms with E-state index in [-0.39, 0.29) is 12.4 Å². The highest BCUT2D eigenvalue weighted by molar-refractivity contribution is 6.02. The Labute approximate surface area is 144 Å². The number of amides is 1. The zero-order chi connectivity index (χ0) is 18.7. The Hall–Kier alpha value is -2.13. The van der Waals surface area contributed by atoms with Gasteiger partial charge in [-0.05, 0) is 32.9 Å². The zero-order valence-electron chi connectivity index (χ0n) is 14.2. The van der Waals surface area contributed by atoms with Crippen LogP contribution >= 0.6 is 0 Å². The third-order valence-corrected chi connectivity index (χ3v) is 3.34. The maximum absolute atomic E-state index is 12.7. The van der Waals surface area contributed by atoms with Crippen molar-refractivity contribution in [2.45, 2.75) is 51.1 Å². The summed E-state index contributed by atoms with van der Waals surface area (Å²) < 4.78 is 38.2. The van der Waals surface area contributed by atoms with E-state index in [0.29, 0.717) is 5.56 Å². The molecule has 1 aliphatic rings. The Morgan fingerprint density at radius 3 is 2.32 bits per heavy atom. The topological polar surface area (TPSA) is 77.5 Å². The minimum Gasteiger partial charge on any atom is -0.351 e. The van der Waals surface area contributed by atoms with Crippen molar-refractivity contribution in [2.75, 3.05) is 0 Å². The second-order valence-electron chi connectivity index (χ2n) is 6.82. The van der Waals surface area contributed by atoms with E-state index in [2.05, 4.69) is 26.5 Å². The third-order valence-electron chi connectivity index (χ3n) is 3.34. The molecule has 2 rings (SSSR count). The van der Waals surface area contributed by atoms with Gasteiger partial charge in [-0.15, -0.1) is 0 Å². The quantitative estimate of drug-likeness (QED) is 0.481. The van der Waals surface area contributed by atoms with E-state index in [0.717, 1.165) is 0 Å². The SMILES string of the molecule is CC(C)(C)N/C(=N/C(=O)c1ccccc1)NC1CC(C(F)(F)F)NN1. The monoisotopic (exact) mass is 357 g/mol. The number of aliphatic imine (C=N–C) groups is 1. The lowest BCUT2D eigenvalue weighted by molar-refractivity contribution is -0.153. The molecule has 1 heterocycles. The number of nitrogens with one attached hydrogen (secondary N) is 4. The largest absolute Gasteiger partial charge is 0.405 e. The highest BCUT2D eigenvalue weighted by Gasteiger charge is 2.44. The predicted octanol–water partition coefficient (Wildman–Crippen LogP) is 1.92. The molecular weight excluding hydrogens is 335 g/mol. The van der Waals surface area contributed by atoms with Gasteiger partial charge in [0.2, 0.25) is 5.96 Å². The first-order valence-electron chi connectivity index (χ1n) is 7.85. The van der Waals surface area contributed by atoms with Gasteiger partial charge < -0.3 is 10.6 Å². The van der Waals surface area contributed by atoms with Crippen molar-refractivity contribution in [2.24, 2.45) is 4.99 Å². The van der Waals surface area contributed by atoms with Crippen LogP contribution in [0, 0.1) is 0 Å². The van der Waals surface area contributed by atoms with Crippen molar-refractivity contribution < 1.29 is 18.0 Å². The normalized spacial score (nSPS) is 21.9. The number of hydrogen-bond donors (Lipinski definition) is 4. The van der Waals surface area contributed by atoms with Gasteiger partial charge in [0.1, 0.15) is 6.04 Å². The molecule has 25 heavy (non-hydrogen) atoms. The summed E-state index contributed by atoms with van der Waals surface area (Å²) in [5.74, 6) is -0.373. The molecule has 9 heteroatoms. The molecule has 138 valence electrons. The van der Waals surface area contributed by atoms with Crippen molar-refractivity contribution >= 4 is 11.9 Å². The summed E-state index contributed by atoms with van der Waals surface area (Å²) in [6.07, 6.45) is -5.30. The van der Waals surface area contributed by atoms with E-state index >= 15 is 0 Å². The summed E-state index contributed by atoms with van der Waals surface area (Å²) in [6, 6.07) is 6.78. The van der Waals surface area contributed by atoms with Crippen LogP contribution in [0.3, 0.4) is 0 Å². The highest BCUT2D eigenvalue weighted by atomic mass is 19.4. The molecule has 0 radical (unpaired) electrons. The first-order chi connectivity index (χ1) is 11.5. The van der Waals surface area contributed by atoms with Crippen LogP contribution in [0.1, 0.15) is 37.6 Å². The first-order valence-corrected chi connectivity index (χ1v) is 7.85. The minimum absolute atomic E-state index is 0.114. The second kappa shape index (κ2) is 7.40. The zero-order valence-corrected chi connectivity index (χ0v) is 14.2. The third kappa shape index (κ3) is 6.02. The average Bonchev–Trinajstić information content (AvgIpc) is 2.95. The summed E-state index contributed by atoms with van der Waals surface area (Å²) in [4.78, 5) is 16.2. The lowest BCUT2D eigenvalue weighted by Gasteiger charge is -2.25. The molecule has 6 nitrogen and oxygen atoms in total. The van der Waals surface area contributed by atoms with Gasteiger partial charge in [0.15, 0.2) is 0 Å². The Balaban J connectivity index is 2.11. The van der Waals surface area contributed by atoms with Gasteiger partial charge in [0.05, 0.1) is 6.17 Å². The molecule has 1 saturated heterocycles. The fourth-order valence-electron chi connectivity index (χ4n) is 2.23. The standard InChI is InChI=1S/C16H22F3N5O/c1-15(2,3)22-14(21-13(25)10-7-5-4-6-8-10)20-12-9-11(23-24-12)16(17,18)19/h4-8,11-12,23-24H,9H2,1-3H3,(H2,20,21,22,25). The number of benzene rings is 1. The second-order valence-corrected chi connectivity index (χ2v) is 6.82. The average molecular weight is 357 g/mol. The first kappa shape index (κ1) is 19.2. The molecule has 1 fully saturated rings. The van der Waals surface area contributed by atoms with Crippen molar-refractivity contribution in [3.05, 3.63) is 35.9 Å². The molecule has 1 aliphatic heterocycles. The van der Waals surface area contributed by atoms with E-state index in [9.17, 15) is 18.0 Å². The van der Waals surface area contributed by atoms with Gasteiger partial charge in [-0.3, -0.25) is 4.79 Å². The van der Waals surface area contributed by atoms with Gasteiger partial charge in [0.25, 0.3) is 5.91 Å². The number of halogens is 3. The van der Waals surface area contributed by atoms with Gasteiger partial charge >= 0.3 is 6.18 Å². The number of carbonyl (C=O) groups is 1. The maximum atomic E-state index is 12.7. The molecule has 1 aromatic rings. The number of nitrogens with zero attached hydrogens (tertiary/aromatic N) is 1. The Morgan fingerprint density at radius 2 is 1.80 bits per heavy atom. The fraction of sp³-hybridized carbons (Fsp3) is 0.500. The molecule has 2 atom stereocenters. The minimum atomic E-state index is -4.35. The Kier molecular flexibility index (Phi) is 5.69. The molecule has 0 aliphatic carbocycles. The summed E-state index contributed by atoms with van der Waals surface area (Å²) >= 11 is 0. The number of alkyl halides is 3. The number of hydrazine groups is 1. The molecular formula is C16H22F3N5O. The molecule has 0 bridgehead atoms. The Bertz CT molecular complexity index is 625. The maximum Gasteiger partial charge on any atom is 0.405 e. The molecule has 4 N–H and O–H groups in total. The van der Waals surface area contributed by atoms with Crippen LogP contribution in [0.4, 0.5) is 13.2 Å². The summed E-state index contributed by atoms with van der Waals surface area (Å²) in [5.41, 5.74) is 4.68. The van der Waals surface area contributed by atoms with Gasteiger partial charge in [-0.1, -0.05) is 18.2 Å². The fourth-order valence-corrected chi connectivity index (χ4v) is 2.23. The van der Waals surface area contributed by atoms with E-state index in [1.165, 1.54) is 0 Å². The number of rotatable bonds is 2. The van der Waals surface area contributed by atoms with E-state index in [1.807, 2.05) is 20.8 Å². The van der Waals surface area contributed by atoms with Crippen molar-refractivity contribution in [1.82, 2.24) is 21.5 Å². The van der Waals surface area contributed by atoms with E-state index in [1.54, 1.807) is 30.3 Å². The van der Waals surface area contributed by atoms with Crippen LogP contribution in [0.25, 0.3) is 0 Å². The van der Waals surface area contributed by atoms with Crippen LogP contribution in [0.2, 0.25) is 0 Å². The van der Waals surface area contributed by atoms with Gasteiger partial charge in [-0.25, -0.2) is 10.9 Å². The summed E-state index contributed by atoms with van der Waals surface area (Å²) in [6.45, 7) is 5.57. The number of carbonyl (C=O) groups excluding carboxylic acids is 1. The predicted molar refractivity (Wildman–Crippen MR) is 88.8 cm³/mol. The Morgan fingerprint density at radius 1 is 1.16 bits per heavy atom. The van der Waals surface area contributed by atoms with Crippen molar-refractivity contribution in [3.63, 3.8) is 0 Å². The molecule has 0 spiro atoms. The van der Waals surface area contributed by atoms with Crippen LogP contribution in [-0.4, -0.2) is 35.8 Å². The lowest BCUT2D eigenvalue weighted by atomic mass is 10.1. The number of hydrogen-bond acceptors (Lipinski definition) is 3. The summed E-state index contributed by atoms with van der Waals surface area (Å²) in [5, 5.41) is 5.83. The van der Waals surface area contributed by atoms with Crippen LogP contribution < -0.4 is 21.5 Å². The lowest BCUT2D eigenvalue weighted by Crippen LogP contribution is -2.54. The van der Waals surface area contributed by atoms with Gasteiger partial charge in [0, 0.05) is 17.5 Å². The van der Waals surface area contributed by atoms with Crippen molar-refractivity contribution in [1.29, 1.82) is 0 Å². The number of guanidine groups is 1. The smallest absolute Gasteiger partial charge is 0.351 e. The van der Waals surface area contributed by atoms with Crippen molar-refractivity contribution in [3.8, 4) is 0 Å². The molecule has 1 aromatic carbocycles. The molecule has 1 amide bonds. The molecule has 0 aromatic heterocycles. The highest BCUT2D eigenvalue weighted by Crippen LogP contribution is 2.25. The van der Waals surface area contributed by atoms with Crippen LogP contribution in [0.15, 0.2) is 35.3 Å². The summed E-state index contributed by atoms with van der Waals surface area (Å²) in [7, 11) is 0. The van der Waals surface area contributed by atoms with E-state index in [4.69, 9.17) is 0 Å².